The third kappa shape index (κ3) is 3.89. The Labute approximate surface area is 135 Å². The standard InChI is InChI=1S/C14H18Cl2FNO2S/c15-8-9-18(12-4-2-1-3-5-12)21(19,20)14-10-11(17)6-7-13(14)16/h6-7,10,12H,1-5,8-9H2. The van der Waals surface area contributed by atoms with E-state index in [1.54, 1.807) is 0 Å². The van der Waals surface area contributed by atoms with Crippen molar-refractivity contribution in [1.29, 1.82) is 0 Å². The molecule has 0 spiro atoms. The van der Waals surface area contributed by atoms with Crippen molar-refractivity contribution in [2.24, 2.45) is 0 Å². The second kappa shape index (κ2) is 7.27. The van der Waals surface area contributed by atoms with Gasteiger partial charge in [-0.15, -0.1) is 11.6 Å². The van der Waals surface area contributed by atoms with Gasteiger partial charge in [0.1, 0.15) is 10.7 Å². The van der Waals surface area contributed by atoms with E-state index in [2.05, 4.69) is 0 Å². The first-order valence-electron chi connectivity index (χ1n) is 6.99. The van der Waals surface area contributed by atoms with Gasteiger partial charge in [0.2, 0.25) is 10.0 Å². The Morgan fingerprint density at radius 2 is 1.90 bits per heavy atom. The zero-order valence-corrected chi connectivity index (χ0v) is 13.9. The average Bonchev–Trinajstić information content (AvgIpc) is 2.48. The van der Waals surface area contributed by atoms with Crippen molar-refractivity contribution in [2.75, 3.05) is 12.4 Å². The van der Waals surface area contributed by atoms with E-state index >= 15 is 0 Å². The third-order valence-corrected chi connectivity index (χ3v) is 6.37. The minimum absolute atomic E-state index is 0.0341. The molecule has 1 fully saturated rings. The lowest BCUT2D eigenvalue weighted by atomic mass is 9.95. The van der Waals surface area contributed by atoms with E-state index in [1.165, 1.54) is 10.4 Å². The normalized spacial score (nSPS) is 17.3. The highest BCUT2D eigenvalue weighted by Gasteiger charge is 2.33. The van der Waals surface area contributed by atoms with Crippen LogP contribution in [0.1, 0.15) is 32.1 Å². The summed E-state index contributed by atoms with van der Waals surface area (Å²) in [6.07, 6.45) is 4.73. The quantitative estimate of drug-likeness (QED) is 0.749. The van der Waals surface area contributed by atoms with Crippen LogP contribution in [0.5, 0.6) is 0 Å². The van der Waals surface area contributed by atoms with Crippen LogP contribution in [0.4, 0.5) is 4.39 Å². The van der Waals surface area contributed by atoms with Crippen LogP contribution in [-0.2, 0) is 10.0 Å². The molecular weight excluding hydrogens is 336 g/mol. The number of sulfonamides is 1. The number of hydrogen-bond acceptors (Lipinski definition) is 2. The Morgan fingerprint density at radius 3 is 2.52 bits per heavy atom. The molecule has 0 aromatic heterocycles. The topological polar surface area (TPSA) is 37.4 Å². The number of nitrogens with zero attached hydrogens (tertiary/aromatic N) is 1. The minimum Gasteiger partial charge on any atom is -0.207 e. The molecule has 0 radical (unpaired) electrons. The van der Waals surface area contributed by atoms with Gasteiger partial charge in [0.15, 0.2) is 0 Å². The number of benzene rings is 1. The Kier molecular flexibility index (Phi) is 5.88. The SMILES string of the molecule is O=S(=O)(c1cc(F)ccc1Cl)N(CCCl)C1CCCCC1. The second-order valence-electron chi connectivity index (χ2n) is 5.17. The van der Waals surface area contributed by atoms with E-state index in [1.807, 2.05) is 0 Å². The van der Waals surface area contributed by atoms with E-state index in [0.29, 0.717) is 0 Å². The highest BCUT2D eigenvalue weighted by atomic mass is 35.5. The Morgan fingerprint density at radius 1 is 1.24 bits per heavy atom. The van der Waals surface area contributed by atoms with Crippen molar-refractivity contribution in [2.45, 2.75) is 43.0 Å². The smallest absolute Gasteiger partial charge is 0.207 e. The van der Waals surface area contributed by atoms with Crippen molar-refractivity contribution in [3.8, 4) is 0 Å². The lowest BCUT2D eigenvalue weighted by Gasteiger charge is -2.33. The third-order valence-electron chi connectivity index (χ3n) is 3.77. The summed E-state index contributed by atoms with van der Waals surface area (Å²) < 4.78 is 40.4. The molecule has 21 heavy (non-hydrogen) atoms. The Bertz CT molecular complexity index is 589. The molecule has 0 saturated heterocycles. The fraction of sp³-hybridized carbons (Fsp3) is 0.571. The summed E-state index contributed by atoms with van der Waals surface area (Å²) in [7, 11) is -3.84. The van der Waals surface area contributed by atoms with E-state index in [9.17, 15) is 12.8 Å². The molecule has 1 aliphatic carbocycles. The second-order valence-corrected chi connectivity index (χ2v) is 7.82. The summed E-state index contributed by atoms with van der Waals surface area (Å²) in [6.45, 7) is 0.210. The molecule has 3 nitrogen and oxygen atoms in total. The molecule has 0 amide bonds. The molecule has 1 aliphatic rings. The molecule has 0 heterocycles. The molecule has 7 heteroatoms. The fourth-order valence-electron chi connectivity index (χ4n) is 2.75. The van der Waals surface area contributed by atoms with Crippen LogP contribution in [0, 0.1) is 5.82 Å². The molecule has 0 atom stereocenters. The van der Waals surface area contributed by atoms with Crippen molar-refractivity contribution in [3.63, 3.8) is 0 Å². The van der Waals surface area contributed by atoms with Gasteiger partial charge in [-0.1, -0.05) is 30.9 Å². The van der Waals surface area contributed by atoms with Crippen molar-refractivity contribution in [3.05, 3.63) is 29.0 Å². The minimum atomic E-state index is -3.84. The van der Waals surface area contributed by atoms with E-state index in [4.69, 9.17) is 23.2 Å². The van der Waals surface area contributed by atoms with Gasteiger partial charge in [0.05, 0.1) is 5.02 Å². The molecule has 2 rings (SSSR count). The molecule has 1 aromatic carbocycles. The van der Waals surface area contributed by atoms with Gasteiger partial charge in [-0.3, -0.25) is 0 Å². The van der Waals surface area contributed by atoms with Gasteiger partial charge in [-0.05, 0) is 31.0 Å². The predicted octanol–water partition coefficient (Wildman–Crippen LogP) is 4.04. The summed E-state index contributed by atoms with van der Waals surface area (Å²) in [5, 5.41) is 0.0341. The molecule has 118 valence electrons. The lowest BCUT2D eigenvalue weighted by molar-refractivity contribution is 0.262. The van der Waals surface area contributed by atoms with Crippen molar-refractivity contribution >= 4 is 33.2 Å². The van der Waals surface area contributed by atoms with Gasteiger partial charge >= 0.3 is 0 Å². The van der Waals surface area contributed by atoms with Gasteiger partial charge < -0.3 is 0 Å². The zero-order chi connectivity index (χ0) is 15.5. The molecule has 0 N–H and O–H groups in total. The first-order valence-corrected chi connectivity index (χ1v) is 9.35. The first kappa shape index (κ1) is 17.0. The van der Waals surface area contributed by atoms with Gasteiger partial charge in [0, 0.05) is 18.5 Å². The summed E-state index contributed by atoms with van der Waals surface area (Å²) in [5.41, 5.74) is 0. The van der Waals surface area contributed by atoms with Gasteiger partial charge in [0.25, 0.3) is 0 Å². The number of rotatable bonds is 5. The molecule has 0 unspecified atom stereocenters. The van der Waals surface area contributed by atoms with Crippen molar-refractivity contribution in [1.82, 2.24) is 4.31 Å². The van der Waals surface area contributed by atoms with Crippen LogP contribution >= 0.6 is 23.2 Å². The van der Waals surface area contributed by atoms with Crippen LogP contribution in [0.3, 0.4) is 0 Å². The number of hydrogen-bond donors (Lipinski definition) is 0. The Hall–Kier alpha value is -0.360. The average molecular weight is 354 g/mol. The van der Waals surface area contributed by atoms with Crippen LogP contribution in [-0.4, -0.2) is 31.2 Å². The molecular formula is C14H18Cl2FNO2S. The highest BCUT2D eigenvalue weighted by molar-refractivity contribution is 7.89. The molecule has 1 saturated carbocycles. The highest BCUT2D eigenvalue weighted by Crippen LogP contribution is 2.31. The molecule has 1 aromatic rings. The summed E-state index contributed by atoms with van der Waals surface area (Å²) in [6, 6.07) is 3.31. The van der Waals surface area contributed by atoms with Gasteiger partial charge in [-0.25, -0.2) is 12.8 Å². The predicted molar refractivity (Wildman–Crippen MR) is 82.9 cm³/mol. The van der Waals surface area contributed by atoms with Crippen LogP contribution < -0.4 is 0 Å². The van der Waals surface area contributed by atoms with E-state index in [-0.39, 0.29) is 28.4 Å². The molecule has 0 bridgehead atoms. The van der Waals surface area contributed by atoms with Gasteiger partial charge in [-0.2, -0.15) is 4.31 Å². The van der Waals surface area contributed by atoms with E-state index < -0.39 is 15.8 Å². The van der Waals surface area contributed by atoms with Crippen LogP contribution in [0.15, 0.2) is 23.1 Å². The lowest BCUT2D eigenvalue weighted by Crippen LogP contribution is -2.42. The molecule has 0 aliphatic heterocycles. The zero-order valence-electron chi connectivity index (χ0n) is 11.6. The number of halogens is 3. The summed E-state index contributed by atoms with van der Waals surface area (Å²) in [4.78, 5) is -0.181. The van der Waals surface area contributed by atoms with E-state index in [0.717, 1.165) is 44.2 Å². The Balaban J connectivity index is 2.39. The maximum absolute atomic E-state index is 13.4. The monoisotopic (exact) mass is 353 g/mol. The first-order chi connectivity index (χ1) is 9.96. The maximum Gasteiger partial charge on any atom is 0.244 e. The maximum atomic E-state index is 13.4. The van der Waals surface area contributed by atoms with Crippen LogP contribution in [0.25, 0.3) is 0 Å². The number of alkyl halides is 1. The largest absolute Gasteiger partial charge is 0.244 e. The van der Waals surface area contributed by atoms with Crippen LogP contribution in [0.2, 0.25) is 5.02 Å². The van der Waals surface area contributed by atoms with Crippen molar-refractivity contribution < 1.29 is 12.8 Å². The fourth-order valence-corrected chi connectivity index (χ4v) is 5.21. The summed E-state index contributed by atoms with van der Waals surface area (Å²) in [5.74, 6) is -0.421. The summed E-state index contributed by atoms with van der Waals surface area (Å²) >= 11 is 11.7.